The van der Waals surface area contributed by atoms with Crippen LogP contribution in [0.4, 0.5) is 0 Å². The molecule has 3 rings (SSSR count). The number of carbonyl (C=O) groups excluding carboxylic acids is 1. The van der Waals surface area contributed by atoms with Crippen molar-refractivity contribution in [1.82, 2.24) is 25.1 Å². The van der Waals surface area contributed by atoms with E-state index < -0.39 is 0 Å². The average Bonchev–Trinajstić information content (AvgIpc) is 3.12. The Morgan fingerprint density at radius 3 is 2.77 bits per heavy atom. The van der Waals surface area contributed by atoms with Gasteiger partial charge < -0.3 is 14.6 Å². The van der Waals surface area contributed by atoms with Crippen LogP contribution in [0.1, 0.15) is 5.82 Å². The maximum Gasteiger partial charge on any atom is 0.251 e. The average molecular weight is 418 g/mol. The molecule has 0 bridgehead atoms. The van der Waals surface area contributed by atoms with Crippen LogP contribution in [0.15, 0.2) is 51.9 Å². The topological polar surface area (TPSA) is 102 Å². The van der Waals surface area contributed by atoms with E-state index in [-0.39, 0.29) is 24.6 Å². The van der Waals surface area contributed by atoms with E-state index in [0.29, 0.717) is 11.6 Å². The summed E-state index contributed by atoms with van der Waals surface area (Å²) in [5.74, 6) is 1.50. The quantitative estimate of drug-likeness (QED) is 0.635. The van der Waals surface area contributed by atoms with Gasteiger partial charge in [-0.2, -0.15) is 5.10 Å². The van der Waals surface area contributed by atoms with Crippen molar-refractivity contribution < 1.29 is 9.53 Å². The van der Waals surface area contributed by atoms with Gasteiger partial charge in [0.2, 0.25) is 5.91 Å². The molecule has 2 N–H and O–H groups in total. The second kappa shape index (κ2) is 7.96. The van der Waals surface area contributed by atoms with E-state index in [0.717, 1.165) is 15.8 Å². The molecule has 0 atom stereocenters. The van der Waals surface area contributed by atoms with Crippen molar-refractivity contribution in [1.29, 1.82) is 0 Å². The third-order valence-electron chi connectivity index (χ3n) is 3.59. The van der Waals surface area contributed by atoms with Crippen LogP contribution in [-0.2, 0) is 17.9 Å². The number of aromatic amines is 1. The van der Waals surface area contributed by atoms with Gasteiger partial charge >= 0.3 is 0 Å². The van der Waals surface area contributed by atoms with Gasteiger partial charge in [0.25, 0.3) is 5.56 Å². The minimum Gasteiger partial charge on any atom is -0.497 e. The molecule has 0 aliphatic carbocycles. The molecule has 134 valence electrons. The lowest BCUT2D eigenvalue weighted by Gasteiger charge is -2.06. The van der Waals surface area contributed by atoms with Crippen molar-refractivity contribution in [3.63, 3.8) is 0 Å². The number of amides is 1. The number of nitrogens with zero attached hydrogens (tertiary/aromatic N) is 3. The number of ether oxygens (including phenoxy) is 1. The maximum atomic E-state index is 12.0. The number of nitrogens with one attached hydrogen (secondary N) is 2. The van der Waals surface area contributed by atoms with Crippen LogP contribution in [0.2, 0.25) is 0 Å². The van der Waals surface area contributed by atoms with Gasteiger partial charge in [-0.25, -0.2) is 4.98 Å². The molecule has 2 heterocycles. The van der Waals surface area contributed by atoms with Gasteiger partial charge in [-0.05, 0) is 46.3 Å². The Kier molecular flexibility index (Phi) is 5.47. The molecule has 0 aliphatic rings. The fourth-order valence-corrected chi connectivity index (χ4v) is 2.64. The molecular formula is C17H16BrN5O3. The zero-order chi connectivity index (χ0) is 18.5. The molecule has 0 saturated carbocycles. The number of pyridine rings is 1. The van der Waals surface area contributed by atoms with Crippen LogP contribution in [0, 0.1) is 0 Å². The van der Waals surface area contributed by atoms with E-state index in [9.17, 15) is 9.59 Å². The summed E-state index contributed by atoms with van der Waals surface area (Å²) in [6.07, 6.45) is 1.57. The zero-order valence-corrected chi connectivity index (χ0v) is 15.5. The molecule has 0 radical (unpaired) electrons. The normalized spacial score (nSPS) is 10.5. The highest BCUT2D eigenvalue weighted by atomic mass is 79.9. The SMILES string of the molecule is COc1ccc(-c2n[nH]c(CNC(=O)Cn3cc(Br)ccc3=O)n2)cc1. The van der Waals surface area contributed by atoms with E-state index in [1.54, 1.807) is 19.4 Å². The highest BCUT2D eigenvalue weighted by Gasteiger charge is 2.09. The van der Waals surface area contributed by atoms with Crippen LogP contribution in [0.25, 0.3) is 11.4 Å². The van der Waals surface area contributed by atoms with Crippen molar-refractivity contribution in [3.05, 3.63) is 63.2 Å². The Bertz CT molecular complexity index is 965. The maximum absolute atomic E-state index is 12.0. The number of hydrogen-bond acceptors (Lipinski definition) is 5. The predicted molar refractivity (Wildman–Crippen MR) is 98.6 cm³/mol. The highest BCUT2D eigenvalue weighted by Crippen LogP contribution is 2.18. The van der Waals surface area contributed by atoms with E-state index >= 15 is 0 Å². The third kappa shape index (κ3) is 4.37. The Morgan fingerprint density at radius 1 is 1.27 bits per heavy atom. The van der Waals surface area contributed by atoms with Crippen LogP contribution in [0.3, 0.4) is 0 Å². The minimum atomic E-state index is -0.299. The molecule has 3 aromatic rings. The molecule has 26 heavy (non-hydrogen) atoms. The standard InChI is InChI=1S/C17H16BrN5O3/c1-26-13-5-2-11(3-6-13)17-20-14(21-22-17)8-19-15(24)10-23-9-12(18)4-7-16(23)25/h2-7,9H,8,10H2,1H3,(H,19,24)(H,20,21,22). The Hall–Kier alpha value is -2.94. The number of methoxy groups -OCH3 is 1. The number of benzene rings is 1. The van der Waals surface area contributed by atoms with E-state index in [1.165, 1.54) is 10.6 Å². The lowest BCUT2D eigenvalue weighted by atomic mass is 10.2. The first-order valence-electron chi connectivity index (χ1n) is 7.73. The molecule has 0 spiro atoms. The van der Waals surface area contributed by atoms with E-state index in [2.05, 4.69) is 36.4 Å². The summed E-state index contributed by atoms with van der Waals surface area (Å²) in [7, 11) is 1.60. The van der Waals surface area contributed by atoms with Crippen LogP contribution in [-0.4, -0.2) is 32.8 Å². The summed E-state index contributed by atoms with van der Waals surface area (Å²) in [5, 5.41) is 9.64. The van der Waals surface area contributed by atoms with Gasteiger partial charge in [0, 0.05) is 22.3 Å². The first kappa shape index (κ1) is 17.9. The second-order valence-corrected chi connectivity index (χ2v) is 6.34. The van der Waals surface area contributed by atoms with Crippen molar-refractivity contribution in [2.45, 2.75) is 13.1 Å². The summed E-state index contributed by atoms with van der Waals surface area (Å²) >= 11 is 3.27. The molecular weight excluding hydrogens is 402 g/mol. The fraction of sp³-hybridized carbons (Fsp3) is 0.176. The monoisotopic (exact) mass is 417 g/mol. The fourth-order valence-electron chi connectivity index (χ4n) is 2.26. The molecule has 0 unspecified atom stereocenters. The van der Waals surface area contributed by atoms with Crippen LogP contribution >= 0.6 is 15.9 Å². The number of rotatable bonds is 6. The number of carbonyl (C=O) groups is 1. The van der Waals surface area contributed by atoms with E-state index in [1.807, 2.05) is 24.3 Å². The molecule has 0 aliphatic heterocycles. The molecule has 2 aromatic heterocycles. The Labute approximate surface area is 157 Å². The van der Waals surface area contributed by atoms with Crippen molar-refractivity contribution >= 4 is 21.8 Å². The first-order valence-corrected chi connectivity index (χ1v) is 8.53. The minimum absolute atomic E-state index is 0.0717. The van der Waals surface area contributed by atoms with Gasteiger partial charge in [-0.15, -0.1) is 0 Å². The number of aromatic nitrogens is 4. The zero-order valence-electron chi connectivity index (χ0n) is 13.9. The van der Waals surface area contributed by atoms with E-state index in [4.69, 9.17) is 4.74 Å². The molecule has 8 nitrogen and oxygen atoms in total. The van der Waals surface area contributed by atoms with Crippen LogP contribution in [0.5, 0.6) is 5.75 Å². The van der Waals surface area contributed by atoms with Gasteiger partial charge in [0.05, 0.1) is 13.7 Å². The summed E-state index contributed by atoms with van der Waals surface area (Å²) in [5.41, 5.74) is 0.588. The molecule has 0 fully saturated rings. The number of hydrogen-bond donors (Lipinski definition) is 2. The Balaban J connectivity index is 1.59. The Morgan fingerprint density at radius 2 is 2.04 bits per heavy atom. The van der Waals surface area contributed by atoms with Crippen LogP contribution < -0.4 is 15.6 Å². The third-order valence-corrected chi connectivity index (χ3v) is 4.06. The number of H-pyrrole nitrogens is 1. The van der Waals surface area contributed by atoms with Crippen molar-refractivity contribution in [3.8, 4) is 17.1 Å². The highest BCUT2D eigenvalue weighted by molar-refractivity contribution is 9.10. The summed E-state index contributed by atoms with van der Waals surface area (Å²) in [6.45, 7) is 0.114. The van der Waals surface area contributed by atoms with Crippen molar-refractivity contribution in [2.24, 2.45) is 0 Å². The molecule has 1 amide bonds. The van der Waals surface area contributed by atoms with Gasteiger partial charge in [-0.3, -0.25) is 14.7 Å². The smallest absolute Gasteiger partial charge is 0.251 e. The molecule has 9 heteroatoms. The number of halogens is 1. The molecule has 0 saturated heterocycles. The largest absolute Gasteiger partial charge is 0.497 e. The summed E-state index contributed by atoms with van der Waals surface area (Å²) in [4.78, 5) is 28.1. The lowest BCUT2D eigenvalue weighted by molar-refractivity contribution is -0.121. The predicted octanol–water partition coefficient (Wildman–Crippen LogP) is 1.72. The summed E-state index contributed by atoms with van der Waals surface area (Å²) in [6, 6.07) is 10.4. The lowest BCUT2D eigenvalue weighted by Crippen LogP contribution is -2.31. The van der Waals surface area contributed by atoms with Crippen molar-refractivity contribution in [2.75, 3.05) is 7.11 Å². The van der Waals surface area contributed by atoms with Gasteiger partial charge in [0.15, 0.2) is 5.82 Å². The van der Waals surface area contributed by atoms with Gasteiger partial charge in [0.1, 0.15) is 18.1 Å². The summed E-state index contributed by atoms with van der Waals surface area (Å²) < 4.78 is 7.16. The first-order chi connectivity index (χ1) is 12.5. The molecule has 1 aromatic carbocycles. The van der Waals surface area contributed by atoms with Gasteiger partial charge in [-0.1, -0.05) is 0 Å². The second-order valence-electron chi connectivity index (χ2n) is 5.42.